The van der Waals surface area contributed by atoms with E-state index in [9.17, 15) is 14.9 Å². The fourth-order valence-electron chi connectivity index (χ4n) is 2.22. The monoisotopic (exact) mass is 460 g/mol. The van der Waals surface area contributed by atoms with Crippen molar-refractivity contribution < 1.29 is 19.2 Å². The highest BCUT2D eigenvalue weighted by atomic mass is 127. The van der Waals surface area contributed by atoms with E-state index in [1.54, 1.807) is 11.0 Å². The molecule has 0 bridgehead atoms. The van der Waals surface area contributed by atoms with E-state index in [-0.39, 0.29) is 11.8 Å². The molecule has 0 atom stereocenters. The molecule has 0 aliphatic carbocycles. The molecule has 1 aromatic rings. The largest absolute Gasteiger partial charge is 0.488 e. The van der Waals surface area contributed by atoms with Crippen LogP contribution in [0, 0.1) is 13.7 Å². The second kappa shape index (κ2) is 8.03. The van der Waals surface area contributed by atoms with Gasteiger partial charge in [0.05, 0.1) is 14.6 Å². The molecule has 25 heavy (non-hydrogen) atoms. The Morgan fingerprint density at radius 1 is 1.40 bits per heavy atom. The van der Waals surface area contributed by atoms with Gasteiger partial charge in [0.1, 0.15) is 18.0 Å². The zero-order valence-electron chi connectivity index (χ0n) is 14.5. The van der Waals surface area contributed by atoms with Gasteiger partial charge in [-0.15, -0.1) is 0 Å². The summed E-state index contributed by atoms with van der Waals surface area (Å²) in [5.74, 6) is 0.491. The SMILES string of the molecule is CC(C)(C)OC(=O)N1CC=C(COc2cc([N+](=O)[O-])ccc2I)CC1. The van der Waals surface area contributed by atoms with Crippen LogP contribution in [0.5, 0.6) is 5.75 Å². The minimum Gasteiger partial charge on any atom is -0.488 e. The fourth-order valence-corrected chi connectivity index (χ4v) is 2.71. The van der Waals surface area contributed by atoms with Gasteiger partial charge in [0.2, 0.25) is 0 Å². The van der Waals surface area contributed by atoms with Gasteiger partial charge < -0.3 is 14.4 Å². The van der Waals surface area contributed by atoms with Gasteiger partial charge >= 0.3 is 6.09 Å². The number of amides is 1. The van der Waals surface area contributed by atoms with Crippen molar-refractivity contribution in [2.45, 2.75) is 32.8 Å². The topological polar surface area (TPSA) is 81.9 Å². The number of hydrogen-bond acceptors (Lipinski definition) is 5. The van der Waals surface area contributed by atoms with Crippen LogP contribution >= 0.6 is 22.6 Å². The van der Waals surface area contributed by atoms with E-state index in [2.05, 4.69) is 22.6 Å². The summed E-state index contributed by atoms with van der Waals surface area (Å²) >= 11 is 2.08. The number of non-ortho nitro benzene ring substituents is 1. The quantitative estimate of drug-likeness (QED) is 0.292. The minimum absolute atomic E-state index is 0.00383. The van der Waals surface area contributed by atoms with Gasteiger partial charge in [0.25, 0.3) is 5.69 Å². The van der Waals surface area contributed by atoms with E-state index < -0.39 is 10.5 Å². The van der Waals surface area contributed by atoms with Crippen molar-refractivity contribution in [3.63, 3.8) is 0 Å². The Kier molecular flexibility index (Phi) is 6.26. The van der Waals surface area contributed by atoms with Crippen LogP contribution < -0.4 is 4.74 Å². The zero-order valence-corrected chi connectivity index (χ0v) is 16.6. The summed E-state index contributed by atoms with van der Waals surface area (Å²) in [5, 5.41) is 10.9. The fraction of sp³-hybridized carbons (Fsp3) is 0.471. The normalized spacial score (nSPS) is 14.7. The lowest BCUT2D eigenvalue weighted by Crippen LogP contribution is -2.39. The zero-order chi connectivity index (χ0) is 18.6. The maximum Gasteiger partial charge on any atom is 0.410 e. The lowest BCUT2D eigenvalue weighted by Gasteiger charge is -2.29. The number of nitro groups is 1. The molecule has 2 rings (SSSR count). The molecular weight excluding hydrogens is 439 g/mol. The summed E-state index contributed by atoms with van der Waals surface area (Å²) in [6.45, 7) is 6.90. The Bertz CT molecular complexity index is 697. The number of benzene rings is 1. The highest BCUT2D eigenvalue weighted by Crippen LogP contribution is 2.27. The third-order valence-corrected chi connectivity index (χ3v) is 4.38. The summed E-state index contributed by atoms with van der Waals surface area (Å²) < 4.78 is 11.9. The number of nitrogens with zero attached hydrogens (tertiary/aromatic N) is 2. The van der Waals surface area contributed by atoms with E-state index in [1.807, 2.05) is 26.8 Å². The third-order valence-electron chi connectivity index (χ3n) is 3.49. The van der Waals surface area contributed by atoms with Crippen molar-refractivity contribution in [3.05, 3.63) is 43.5 Å². The summed E-state index contributed by atoms with van der Waals surface area (Å²) in [5.41, 5.74) is 0.550. The molecule has 0 aromatic heterocycles. The minimum atomic E-state index is -0.511. The summed E-state index contributed by atoms with van der Waals surface area (Å²) in [4.78, 5) is 24.1. The van der Waals surface area contributed by atoms with Crippen LogP contribution in [0.2, 0.25) is 0 Å². The van der Waals surface area contributed by atoms with Crippen molar-refractivity contribution in [1.82, 2.24) is 4.90 Å². The highest BCUT2D eigenvalue weighted by Gasteiger charge is 2.23. The molecule has 0 saturated heterocycles. The number of halogens is 1. The van der Waals surface area contributed by atoms with E-state index in [4.69, 9.17) is 9.47 Å². The van der Waals surface area contributed by atoms with Crippen LogP contribution in [0.4, 0.5) is 10.5 Å². The first-order chi connectivity index (χ1) is 11.7. The van der Waals surface area contributed by atoms with Crippen molar-refractivity contribution >= 4 is 34.4 Å². The van der Waals surface area contributed by atoms with E-state index in [0.29, 0.717) is 31.9 Å². The Hall–Kier alpha value is -1.84. The molecule has 1 amide bonds. The molecular formula is C17H21IN2O5. The molecule has 0 N–H and O–H groups in total. The summed E-state index contributed by atoms with van der Waals surface area (Å²) in [6, 6.07) is 4.54. The van der Waals surface area contributed by atoms with Crippen molar-refractivity contribution in [3.8, 4) is 5.75 Å². The molecule has 7 nitrogen and oxygen atoms in total. The smallest absolute Gasteiger partial charge is 0.410 e. The number of rotatable bonds is 4. The molecule has 1 heterocycles. The molecule has 0 saturated carbocycles. The second-order valence-electron chi connectivity index (χ2n) is 6.70. The molecule has 0 fully saturated rings. The Morgan fingerprint density at radius 2 is 2.12 bits per heavy atom. The standard InChI is InChI=1S/C17H21IN2O5/c1-17(2,3)25-16(21)19-8-6-12(7-9-19)11-24-15-10-13(20(22)23)4-5-14(15)18/h4-6,10H,7-9,11H2,1-3H3. The summed E-state index contributed by atoms with van der Waals surface area (Å²) in [6.07, 6.45) is 2.31. The number of carbonyl (C=O) groups excluding carboxylic acids is 1. The molecule has 1 aliphatic rings. The molecule has 1 aromatic carbocycles. The van der Waals surface area contributed by atoms with Gasteiger partial charge in [-0.2, -0.15) is 0 Å². The first-order valence-electron chi connectivity index (χ1n) is 7.88. The molecule has 1 aliphatic heterocycles. The van der Waals surface area contributed by atoms with Crippen LogP contribution in [0.25, 0.3) is 0 Å². The number of hydrogen-bond donors (Lipinski definition) is 0. The van der Waals surface area contributed by atoms with Gasteiger partial charge in [-0.3, -0.25) is 10.1 Å². The van der Waals surface area contributed by atoms with Crippen LogP contribution in [0.15, 0.2) is 29.8 Å². The Balaban J connectivity index is 1.92. The molecule has 8 heteroatoms. The average Bonchev–Trinajstić information content (AvgIpc) is 2.52. The third kappa shape index (κ3) is 5.87. The van der Waals surface area contributed by atoms with Gasteiger partial charge in [-0.1, -0.05) is 6.08 Å². The number of ether oxygens (including phenoxy) is 2. The predicted octanol–water partition coefficient (Wildman–Crippen LogP) is 4.15. The molecule has 0 unspecified atom stereocenters. The van der Waals surface area contributed by atoms with Gasteiger partial charge in [-0.05, 0) is 61.4 Å². The molecule has 136 valence electrons. The van der Waals surface area contributed by atoms with Crippen molar-refractivity contribution in [1.29, 1.82) is 0 Å². The average molecular weight is 460 g/mol. The first kappa shape index (κ1) is 19.5. The first-order valence-corrected chi connectivity index (χ1v) is 8.96. The second-order valence-corrected chi connectivity index (χ2v) is 7.86. The van der Waals surface area contributed by atoms with E-state index in [0.717, 1.165) is 9.14 Å². The lowest BCUT2D eigenvalue weighted by atomic mass is 10.1. The van der Waals surface area contributed by atoms with Gasteiger partial charge in [0, 0.05) is 19.2 Å². The maximum absolute atomic E-state index is 12.0. The molecule has 0 radical (unpaired) electrons. The Morgan fingerprint density at radius 3 is 2.68 bits per heavy atom. The van der Waals surface area contributed by atoms with Crippen LogP contribution in [-0.2, 0) is 4.74 Å². The van der Waals surface area contributed by atoms with Crippen molar-refractivity contribution in [2.75, 3.05) is 19.7 Å². The van der Waals surface area contributed by atoms with Gasteiger partial charge in [-0.25, -0.2) is 4.79 Å². The van der Waals surface area contributed by atoms with E-state index >= 15 is 0 Å². The Labute approximate surface area is 160 Å². The van der Waals surface area contributed by atoms with Crippen molar-refractivity contribution in [2.24, 2.45) is 0 Å². The van der Waals surface area contributed by atoms with Gasteiger partial charge in [0.15, 0.2) is 0 Å². The number of carbonyl (C=O) groups is 1. The van der Waals surface area contributed by atoms with Crippen LogP contribution in [0.3, 0.4) is 0 Å². The maximum atomic E-state index is 12.0. The van der Waals surface area contributed by atoms with E-state index in [1.165, 1.54) is 12.1 Å². The predicted molar refractivity (Wildman–Crippen MR) is 102 cm³/mol. The highest BCUT2D eigenvalue weighted by molar-refractivity contribution is 14.1. The molecule has 0 spiro atoms. The summed E-state index contributed by atoms with van der Waals surface area (Å²) in [7, 11) is 0. The number of nitro benzene ring substituents is 1. The van der Waals surface area contributed by atoms with Crippen LogP contribution in [-0.4, -0.2) is 41.2 Å². The van der Waals surface area contributed by atoms with Crippen LogP contribution in [0.1, 0.15) is 27.2 Å². The lowest BCUT2D eigenvalue weighted by molar-refractivity contribution is -0.385.